The molecular weight excluding hydrogens is 476 g/mol. The Labute approximate surface area is 204 Å². The van der Waals surface area contributed by atoms with Crippen LogP contribution in [-0.4, -0.2) is 62.6 Å². The Morgan fingerprint density at radius 3 is 2.43 bits per heavy atom. The first-order valence-corrected chi connectivity index (χ1v) is 12.7. The molecule has 0 aliphatic heterocycles. The fraction of sp³-hybridized carbons (Fsp3) is 0.391. The highest BCUT2D eigenvalue weighted by atomic mass is 32.2. The van der Waals surface area contributed by atoms with E-state index in [1.165, 1.54) is 24.1 Å². The first-order valence-electron chi connectivity index (χ1n) is 10.8. The summed E-state index contributed by atoms with van der Waals surface area (Å²) >= 11 is 0. The monoisotopic (exact) mass is 506 g/mol. The van der Waals surface area contributed by atoms with E-state index in [4.69, 9.17) is 4.74 Å². The number of amides is 2. The maximum Gasteiger partial charge on any atom is 0.271 e. The van der Waals surface area contributed by atoms with Gasteiger partial charge in [-0.05, 0) is 32.4 Å². The highest BCUT2D eigenvalue weighted by molar-refractivity contribution is 7.92. The third kappa shape index (κ3) is 7.15. The maximum absolute atomic E-state index is 13.5. The van der Waals surface area contributed by atoms with E-state index in [2.05, 4.69) is 5.32 Å². The van der Waals surface area contributed by atoms with Crippen LogP contribution in [0, 0.1) is 17.0 Å². The van der Waals surface area contributed by atoms with Crippen LogP contribution in [0.4, 0.5) is 11.4 Å². The summed E-state index contributed by atoms with van der Waals surface area (Å²) < 4.78 is 31.3. The second-order valence-corrected chi connectivity index (χ2v) is 9.87. The zero-order valence-corrected chi connectivity index (χ0v) is 21.2. The number of nitrogens with zero attached hydrogens (tertiary/aromatic N) is 3. The number of sulfonamides is 1. The fourth-order valence-electron chi connectivity index (χ4n) is 3.49. The Hall–Kier alpha value is -3.67. The Bertz CT molecular complexity index is 1200. The largest absolute Gasteiger partial charge is 0.495 e. The highest BCUT2D eigenvalue weighted by Crippen LogP contribution is 2.33. The third-order valence-corrected chi connectivity index (χ3v) is 6.40. The standard InChI is InChI=1S/C23H30N4O7S/c1-6-24-23(29)17(3)25(14-18-9-7-8-16(2)12-18)22(28)15-26(35(5,32)33)20-13-19(27(30)31)10-11-21(20)34-4/h7-13,17H,6,14-15H2,1-5H3,(H,24,29)/t17-/m0/s1. The van der Waals surface area contributed by atoms with E-state index in [1.807, 2.05) is 25.1 Å². The molecule has 0 aliphatic carbocycles. The minimum Gasteiger partial charge on any atom is -0.495 e. The summed E-state index contributed by atoms with van der Waals surface area (Å²) in [7, 11) is -2.79. The van der Waals surface area contributed by atoms with E-state index >= 15 is 0 Å². The van der Waals surface area contributed by atoms with Crippen LogP contribution in [0.15, 0.2) is 42.5 Å². The average Bonchev–Trinajstić information content (AvgIpc) is 2.79. The lowest BCUT2D eigenvalue weighted by molar-refractivity contribution is -0.384. The number of anilines is 1. The van der Waals surface area contributed by atoms with Crippen molar-refractivity contribution in [2.45, 2.75) is 33.4 Å². The summed E-state index contributed by atoms with van der Waals surface area (Å²) in [6.45, 7) is 4.92. The second kappa shape index (κ2) is 11.6. The molecule has 0 radical (unpaired) electrons. The van der Waals surface area contributed by atoms with Gasteiger partial charge in [-0.2, -0.15) is 0 Å². The van der Waals surface area contributed by atoms with Gasteiger partial charge in [-0.1, -0.05) is 29.8 Å². The Morgan fingerprint density at radius 2 is 1.89 bits per heavy atom. The van der Waals surface area contributed by atoms with Crippen molar-refractivity contribution in [2.24, 2.45) is 0 Å². The number of non-ortho nitro benzene ring substituents is 1. The number of carbonyl (C=O) groups excluding carboxylic acids is 2. The summed E-state index contributed by atoms with van der Waals surface area (Å²) in [6, 6.07) is 9.94. The Balaban J connectivity index is 2.51. The molecule has 2 aromatic carbocycles. The van der Waals surface area contributed by atoms with Crippen LogP contribution in [0.5, 0.6) is 5.75 Å². The SMILES string of the molecule is CCNC(=O)[C@H](C)N(Cc1cccc(C)c1)C(=O)CN(c1cc([N+](=O)[O-])ccc1OC)S(C)(=O)=O. The lowest BCUT2D eigenvalue weighted by Gasteiger charge is -2.31. The lowest BCUT2D eigenvalue weighted by atomic mass is 10.1. The summed E-state index contributed by atoms with van der Waals surface area (Å²) in [5.41, 5.74) is 1.20. The molecule has 0 saturated carbocycles. The molecule has 2 amide bonds. The topological polar surface area (TPSA) is 139 Å². The van der Waals surface area contributed by atoms with Gasteiger partial charge in [0.25, 0.3) is 5.69 Å². The molecule has 1 N–H and O–H groups in total. The molecule has 11 nitrogen and oxygen atoms in total. The van der Waals surface area contributed by atoms with Gasteiger partial charge in [-0.3, -0.25) is 24.0 Å². The normalized spacial score (nSPS) is 11.9. The number of nitro benzene ring substituents is 1. The first-order chi connectivity index (χ1) is 16.4. The van der Waals surface area contributed by atoms with Crippen molar-refractivity contribution in [2.75, 3.05) is 30.8 Å². The molecule has 35 heavy (non-hydrogen) atoms. The molecule has 2 aromatic rings. The molecule has 0 bridgehead atoms. The van der Waals surface area contributed by atoms with E-state index in [0.29, 0.717) is 6.54 Å². The summed E-state index contributed by atoms with van der Waals surface area (Å²) in [5, 5.41) is 14.0. The number of likely N-dealkylation sites (N-methyl/N-ethyl adjacent to an activating group) is 1. The molecule has 0 fully saturated rings. The summed E-state index contributed by atoms with van der Waals surface area (Å²) in [5.74, 6) is -1.02. The van der Waals surface area contributed by atoms with Gasteiger partial charge in [0.15, 0.2) is 0 Å². The number of carbonyl (C=O) groups is 2. The van der Waals surface area contributed by atoms with Gasteiger partial charge in [0.2, 0.25) is 21.8 Å². The molecule has 0 aromatic heterocycles. The molecule has 0 saturated heterocycles. The van der Waals surface area contributed by atoms with Crippen molar-refractivity contribution < 1.29 is 27.7 Å². The van der Waals surface area contributed by atoms with Crippen LogP contribution < -0.4 is 14.4 Å². The number of rotatable bonds is 11. The molecule has 0 heterocycles. The van der Waals surface area contributed by atoms with Crippen molar-refractivity contribution >= 4 is 33.2 Å². The summed E-state index contributed by atoms with van der Waals surface area (Å²) in [6.07, 6.45) is 0.886. The van der Waals surface area contributed by atoms with Gasteiger partial charge in [-0.25, -0.2) is 8.42 Å². The Kier molecular flexibility index (Phi) is 9.18. The number of benzene rings is 2. The van der Waals surface area contributed by atoms with Crippen LogP contribution in [0.25, 0.3) is 0 Å². The lowest BCUT2D eigenvalue weighted by Crippen LogP contribution is -2.51. The number of hydrogen-bond donors (Lipinski definition) is 1. The first kappa shape index (κ1) is 27.6. The number of nitrogens with one attached hydrogen (secondary N) is 1. The van der Waals surface area contributed by atoms with Crippen LogP contribution >= 0.6 is 0 Å². The summed E-state index contributed by atoms with van der Waals surface area (Å²) in [4.78, 5) is 38.0. The van der Waals surface area contributed by atoms with E-state index < -0.39 is 39.3 Å². The van der Waals surface area contributed by atoms with Gasteiger partial charge >= 0.3 is 0 Å². The van der Waals surface area contributed by atoms with Crippen molar-refractivity contribution in [1.82, 2.24) is 10.2 Å². The van der Waals surface area contributed by atoms with Crippen LogP contribution in [-0.2, 0) is 26.2 Å². The third-order valence-electron chi connectivity index (χ3n) is 5.27. The fourth-order valence-corrected chi connectivity index (χ4v) is 4.34. The van der Waals surface area contributed by atoms with Gasteiger partial charge in [-0.15, -0.1) is 0 Å². The quantitative estimate of drug-likeness (QED) is 0.364. The highest BCUT2D eigenvalue weighted by Gasteiger charge is 2.31. The van der Waals surface area contributed by atoms with Crippen LogP contribution in [0.3, 0.4) is 0 Å². The smallest absolute Gasteiger partial charge is 0.271 e. The number of aryl methyl sites for hydroxylation is 1. The van der Waals surface area contributed by atoms with E-state index in [1.54, 1.807) is 19.9 Å². The van der Waals surface area contributed by atoms with Crippen molar-refractivity contribution in [3.8, 4) is 5.75 Å². The molecule has 12 heteroatoms. The van der Waals surface area contributed by atoms with Crippen LogP contribution in [0.2, 0.25) is 0 Å². The molecule has 0 unspecified atom stereocenters. The number of methoxy groups -OCH3 is 1. The molecule has 190 valence electrons. The van der Waals surface area contributed by atoms with Gasteiger partial charge in [0.1, 0.15) is 24.0 Å². The molecular formula is C23H30N4O7S. The zero-order valence-electron chi connectivity index (χ0n) is 20.3. The van der Waals surface area contributed by atoms with Crippen molar-refractivity contribution in [1.29, 1.82) is 0 Å². The Morgan fingerprint density at radius 1 is 1.20 bits per heavy atom. The maximum atomic E-state index is 13.5. The van der Waals surface area contributed by atoms with E-state index in [-0.39, 0.29) is 23.7 Å². The average molecular weight is 507 g/mol. The molecule has 2 rings (SSSR count). The predicted molar refractivity (Wildman–Crippen MR) is 132 cm³/mol. The number of nitro groups is 1. The van der Waals surface area contributed by atoms with Gasteiger partial charge < -0.3 is 15.0 Å². The van der Waals surface area contributed by atoms with E-state index in [0.717, 1.165) is 27.8 Å². The van der Waals surface area contributed by atoms with Crippen molar-refractivity contribution in [3.05, 3.63) is 63.7 Å². The number of ether oxygens (including phenoxy) is 1. The predicted octanol–water partition coefficient (Wildman–Crippen LogP) is 2.23. The van der Waals surface area contributed by atoms with E-state index in [9.17, 15) is 28.1 Å². The molecule has 0 aliphatic rings. The minimum atomic E-state index is -4.07. The number of hydrogen-bond acceptors (Lipinski definition) is 7. The second-order valence-electron chi connectivity index (χ2n) is 7.96. The molecule has 1 atom stereocenters. The zero-order chi connectivity index (χ0) is 26.3. The van der Waals surface area contributed by atoms with Gasteiger partial charge in [0.05, 0.1) is 18.3 Å². The minimum absolute atomic E-state index is 0.0378. The van der Waals surface area contributed by atoms with Crippen molar-refractivity contribution in [3.63, 3.8) is 0 Å². The molecule has 0 spiro atoms. The van der Waals surface area contributed by atoms with Gasteiger partial charge in [0, 0.05) is 25.2 Å². The van der Waals surface area contributed by atoms with Crippen LogP contribution in [0.1, 0.15) is 25.0 Å².